The molecule has 0 saturated carbocycles. The van der Waals surface area contributed by atoms with Gasteiger partial charge in [-0.15, -0.1) is 11.3 Å². The summed E-state index contributed by atoms with van der Waals surface area (Å²) in [5.74, 6) is 0.390. The van der Waals surface area contributed by atoms with Crippen LogP contribution in [0.5, 0.6) is 0 Å². The lowest BCUT2D eigenvalue weighted by Gasteiger charge is -2.04. The molecule has 18 heavy (non-hydrogen) atoms. The highest BCUT2D eigenvalue weighted by atomic mass is 32.1. The van der Waals surface area contributed by atoms with E-state index >= 15 is 0 Å². The Labute approximate surface area is 108 Å². The molecule has 94 valence electrons. The number of rotatable bonds is 4. The van der Waals surface area contributed by atoms with Gasteiger partial charge in [0.25, 0.3) is 5.56 Å². The first-order valence-corrected chi connectivity index (χ1v) is 6.37. The molecule has 2 aromatic heterocycles. The molecule has 6 heteroatoms. The van der Waals surface area contributed by atoms with E-state index < -0.39 is 0 Å². The maximum atomic E-state index is 11.6. The van der Waals surface area contributed by atoms with Gasteiger partial charge >= 0.3 is 0 Å². The number of aryl methyl sites for hydroxylation is 1. The van der Waals surface area contributed by atoms with E-state index in [1.54, 1.807) is 18.3 Å². The van der Waals surface area contributed by atoms with Crippen molar-refractivity contribution in [3.63, 3.8) is 0 Å². The Bertz CT molecular complexity index is 590. The van der Waals surface area contributed by atoms with Crippen LogP contribution in [0.3, 0.4) is 0 Å². The molecule has 0 aliphatic heterocycles. The summed E-state index contributed by atoms with van der Waals surface area (Å²) in [5, 5.41) is 4.66. The highest BCUT2D eigenvalue weighted by molar-refractivity contribution is 7.10. The highest BCUT2D eigenvalue weighted by Crippen LogP contribution is 2.08. The molecular weight excluding hydrogens is 250 g/mol. The Balaban J connectivity index is 1.91. The third-order valence-corrected chi connectivity index (χ3v) is 3.16. The lowest BCUT2D eigenvalue weighted by molar-refractivity contribution is -0.120. The van der Waals surface area contributed by atoms with E-state index in [4.69, 9.17) is 0 Å². The van der Waals surface area contributed by atoms with Gasteiger partial charge in [-0.1, -0.05) is 6.07 Å². The van der Waals surface area contributed by atoms with Crippen LogP contribution in [0.4, 0.5) is 0 Å². The Morgan fingerprint density at radius 1 is 1.56 bits per heavy atom. The smallest absolute Gasteiger partial charge is 0.251 e. The van der Waals surface area contributed by atoms with Crippen LogP contribution in [0.25, 0.3) is 0 Å². The molecule has 5 nitrogen and oxygen atoms in total. The SMILES string of the molecule is Cc1cc(=O)[nH]c(CNC(=O)Cc2cccs2)n1. The van der Waals surface area contributed by atoms with Crippen LogP contribution in [0, 0.1) is 6.92 Å². The number of nitrogens with one attached hydrogen (secondary N) is 2. The van der Waals surface area contributed by atoms with Crippen molar-refractivity contribution in [1.82, 2.24) is 15.3 Å². The van der Waals surface area contributed by atoms with Gasteiger partial charge in [0.15, 0.2) is 0 Å². The molecule has 0 bridgehead atoms. The summed E-state index contributed by atoms with van der Waals surface area (Å²) in [4.78, 5) is 30.6. The zero-order chi connectivity index (χ0) is 13.0. The molecule has 0 saturated heterocycles. The van der Waals surface area contributed by atoms with Crippen molar-refractivity contribution in [2.24, 2.45) is 0 Å². The number of nitrogens with zero attached hydrogens (tertiary/aromatic N) is 1. The highest BCUT2D eigenvalue weighted by Gasteiger charge is 2.05. The Hall–Kier alpha value is -1.95. The largest absolute Gasteiger partial charge is 0.349 e. The number of carbonyl (C=O) groups excluding carboxylic acids is 1. The second kappa shape index (κ2) is 5.59. The molecule has 2 rings (SSSR count). The van der Waals surface area contributed by atoms with Crippen LogP contribution in [0.15, 0.2) is 28.4 Å². The lowest BCUT2D eigenvalue weighted by atomic mass is 10.3. The number of hydrogen-bond acceptors (Lipinski definition) is 4. The number of aromatic nitrogens is 2. The zero-order valence-electron chi connectivity index (χ0n) is 9.90. The van der Waals surface area contributed by atoms with Gasteiger partial charge in [0.2, 0.25) is 5.91 Å². The standard InChI is InChI=1S/C12H13N3O2S/c1-8-5-12(17)15-10(14-8)7-13-11(16)6-9-3-2-4-18-9/h2-5H,6-7H2,1H3,(H,13,16)(H,14,15,17). The average Bonchev–Trinajstić information content (AvgIpc) is 2.78. The molecule has 2 heterocycles. The quantitative estimate of drug-likeness (QED) is 0.864. The maximum absolute atomic E-state index is 11.6. The van der Waals surface area contributed by atoms with Crippen LogP contribution in [0.2, 0.25) is 0 Å². The summed E-state index contributed by atoms with van der Waals surface area (Å²) < 4.78 is 0. The maximum Gasteiger partial charge on any atom is 0.251 e. The minimum atomic E-state index is -0.204. The van der Waals surface area contributed by atoms with E-state index in [1.807, 2.05) is 17.5 Å². The first-order valence-electron chi connectivity index (χ1n) is 5.49. The summed E-state index contributed by atoms with van der Waals surface area (Å²) >= 11 is 1.54. The molecule has 1 amide bonds. The summed E-state index contributed by atoms with van der Waals surface area (Å²) in [6.45, 7) is 1.98. The molecule has 0 unspecified atom stereocenters. The second-order valence-corrected chi connectivity index (χ2v) is 4.90. The van der Waals surface area contributed by atoms with Crippen LogP contribution in [0.1, 0.15) is 16.4 Å². The van der Waals surface area contributed by atoms with Crippen molar-refractivity contribution in [2.45, 2.75) is 19.9 Å². The topological polar surface area (TPSA) is 74.8 Å². The molecule has 0 aliphatic carbocycles. The molecular formula is C12H13N3O2S. The van der Waals surface area contributed by atoms with Gasteiger partial charge in [0.05, 0.1) is 13.0 Å². The molecule has 0 fully saturated rings. The Morgan fingerprint density at radius 3 is 3.06 bits per heavy atom. The van der Waals surface area contributed by atoms with Gasteiger partial charge in [0, 0.05) is 16.6 Å². The van der Waals surface area contributed by atoms with Crippen molar-refractivity contribution in [3.8, 4) is 0 Å². The van der Waals surface area contributed by atoms with E-state index in [-0.39, 0.29) is 18.0 Å². The number of amides is 1. The third kappa shape index (κ3) is 3.53. The van der Waals surface area contributed by atoms with Crippen molar-refractivity contribution in [3.05, 3.63) is 50.3 Å². The normalized spacial score (nSPS) is 10.3. The molecule has 0 radical (unpaired) electrons. The fraction of sp³-hybridized carbons (Fsp3) is 0.250. The first-order chi connectivity index (χ1) is 8.63. The molecule has 0 atom stereocenters. The number of H-pyrrole nitrogens is 1. The van der Waals surface area contributed by atoms with E-state index in [0.29, 0.717) is 17.9 Å². The Kier molecular flexibility index (Phi) is 3.88. The number of carbonyl (C=O) groups is 1. The van der Waals surface area contributed by atoms with Crippen LogP contribution < -0.4 is 10.9 Å². The van der Waals surface area contributed by atoms with Gasteiger partial charge in [-0.2, -0.15) is 0 Å². The minimum absolute atomic E-state index is 0.0818. The van der Waals surface area contributed by atoms with E-state index in [0.717, 1.165) is 4.88 Å². The zero-order valence-corrected chi connectivity index (χ0v) is 10.7. The summed E-state index contributed by atoms with van der Waals surface area (Å²) in [6.07, 6.45) is 0.355. The van der Waals surface area contributed by atoms with E-state index in [9.17, 15) is 9.59 Å². The summed E-state index contributed by atoms with van der Waals surface area (Å²) in [6, 6.07) is 5.24. The number of aromatic amines is 1. The fourth-order valence-corrected chi connectivity index (χ4v) is 2.24. The van der Waals surface area contributed by atoms with E-state index in [2.05, 4.69) is 15.3 Å². The number of hydrogen-bond donors (Lipinski definition) is 2. The molecule has 2 N–H and O–H groups in total. The van der Waals surface area contributed by atoms with Gasteiger partial charge in [-0.25, -0.2) is 4.98 Å². The van der Waals surface area contributed by atoms with E-state index in [1.165, 1.54) is 6.07 Å². The first kappa shape index (κ1) is 12.5. The molecule has 0 aromatic carbocycles. The number of thiophene rings is 1. The lowest BCUT2D eigenvalue weighted by Crippen LogP contribution is -2.26. The predicted octanol–water partition coefficient (Wildman–Crippen LogP) is 0.999. The van der Waals surface area contributed by atoms with Crippen molar-refractivity contribution in [2.75, 3.05) is 0 Å². The predicted molar refractivity (Wildman–Crippen MR) is 69.5 cm³/mol. The summed E-state index contributed by atoms with van der Waals surface area (Å²) in [5.41, 5.74) is 0.436. The van der Waals surface area contributed by atoms with Crippen LogP contribution in [-0.2, 0) is 17.8 Å². The minimum Gasteiger partial charge on any atom is -0.349 e. The van der Waals surface area contributed by atoms with Gasteiger partial charge in [0.1, 0.15) is 5.82 Å². The van der Waals surface area contributed by atoms with Crippen molar-refractivity contribution < 1.29 is 4.79 Å². The monoisotopic (exact) mass is 263 g/mol. The average molecular weight is 263 g/mol. The second-order valence-electron chi connectivity index (χ2n) is 3.87. The van der Waals surface area contributed by atoms with Crippen molar-refractivity contribution in [1.29, 1.82) is 0 Å². The molecule has 2 aromatic rings. The molecule has 0 spiro atoms. The fourth-order valence-electron chi connectivity index (χ4n) is 1.54. The summed E-state index contributed by atoms with van der Waals surface area (Å²) in [7, 11) is 0. The van der Waals surface area contributed by atoms with Crippen LogP contribution >= 0.6 is 11.3 Å². The van der Waals surface area contributed by atoms with Gasteiger partial charge < -0.3 is 10.3 Å². The third-order valence-electron chi connectivity index (χ3n) is 2.29. The van der Waals surface area contributed by atoms with Gasteiger partial charge in [-0.3, -0.25) is 9.59 Å². The Morgan fingerprint density at radius 2 is 2.39 bits per heavy atom. The molecule has 0 aliphatic rings. The van der Waals surface area contributed by atoms with Crippen molar-refractivity contribution >= 4 is 17.2 Å². The van der Waals surface area contributed by atoms with Gasteiger partial charge in [-0.05, 0) is 18.4 Å². The van der Waals surface area contributed by atoms with Crippen LogP contribution in [-0.4, -0.2) is 15.9 Å².